The van der Waals surface area contributed by atoms with Crippen molar-refractivity contribution < 1.29 is 4.79 Å². The summed E-state index contributed by atoms with van der Waals surface area (Å²) in [5.74, 6) is 4.38. The average Bonchev–Trinajstić information content (AvgIpc) is 3.87. The van der Waals surface area contributed by atoms with E-state index >= 15 is 0 Å². The van der Waals surface area contributed by atoms with E-state index in [0.717, 1.165) is 91.4 Å². The number of aldehydes is 1. The smallest absolute Gasteiger partial charge is 0.123 e. The minimum absolute atomic E-state index is 0.361. The molecule has 4 aliphatic carbocycles. The maximum atomic E-state index is 10.4. The summed E-state index contributed by atoms with van der Waals surface area (Å²) in [5, 5.41) is 5.05. The predicted octanol–water partition coefficient (Wildman–Crippen LogP) is 6.82. The lowest BCUT2D eigenvalue weighted by molar-refractivity contribution is -0.111. The number of para-hydroxylation sites is 2. The van der Waals surface area contributed by atoms with E-state index in [4.69, 9.17) is 23.2 Å². The number of anilines is 2. The summed E-state index contributed by atoms with van der Waals surface area (Å²) in [6.45, 7) is 10.0. The normalized spacial score (nSPS) is 30.6. The lowest BCUT2D eigenvalue weighted by atomic mass is 9.93. The fourth-order valence-corrected chi connectivity index (χ4v) is 8.42. The predicted molar refractivity (Wildman–Crippen MR) is 180 cm³/mol. The molecule has 0 radical (unpaired) electrons. The van der Waals surface area contributed by atoms with Crippen molar-refractivity contribution in [3.63, 3.8) is 0 Å². The van der Waals surface area contributed by atoms with E-state index in [-0.39, 0.29) is 0 Å². The molecule has 5 nitrogen and oxygen atoms in total. The summed E-state index contributed by atoms with van der Waals surface area (Å²) in [5.41, 5.74) is 2.35. The van der Waals surface area contributed by atoms with Gasteiger partial charge in [-0.2, -0.15) is 0 Å². The topological polar surface area (TPSA) is 38.8 Å². The van der Waals surface area contributed by atoms with Gasteiger partial charge in [-0.1, -0.05) is 71.8 Å². The van der Waals surface area contributed by atoms with Gasteiger partial charge >= 0.3 is 0 Å². The lowest BCUT2D eigenvalue weighted by Gasteiger charge is -2.38. The van der Waals surface area contributed by atoms with Gasteiger partial charge in [0.25, 0.3) is 0 Å². The number of benzene rings is 2. The Morgan fingerprint density at radius 2 is 1.23 bits per heavy atom. The molecule has 6 aliphatic rings. The Bertz CT molecular complexity index is 1270. The Kier molecular flexibility index (Phi) is 10.5. The van der Waals surface area contributed by atoms with Crippen molar-refractivity contribution in [2.24, 2.45) is 35.5 Å². The first kappa shape index (κ1) is 30.7. The molecule has 43 heavy (non-hydrogen) atoms. The lowest BCUT2D eigenvalue weighted by Crippen LogP contribution is -2.48. The summed E-state index contributed by atoms with van der Waals surface area (Å²) in [6, 6.07) is 16.2. The van der Waals surface area contributed by atoms with E-state index in [9.17, 15) is 4.79 Å². The van der Waals surface area contributed by atoms with Gasteiger partial charge in [0.1, 0.15) is 6.29 Å². The summed E-state index contributed by atoms with van der Waals surface area (Å²) in [4.78, 5) is 17.8. The van der Waals surface area contributed by atoms with Crippen LogP contribution in [0.4, 0.5) is 11.4 Å². The number of allylic oxidation sites excluding steroid dienone is 4. The van der Waals surface area contributed by atoms with Crippen LogP contribution >= 0.6 is 23.2 Å². The molecule has 0 spiro atoms. The third-order valence-corrected chi connectivity index (χ3v) is 10.9. The van der Waals surface area contributed by atoms with Gasteiger partial charge in [0.05, 0.1) is 21.4 Å². The van der Waals surface area contributed by atoms with Crippen LogP contribution in [0.25, 0.3) is 0 Å². The minimum Gasteiger partial charge on any atom is -0.368 e. The SMILES string of the molecule is Clc1ccccc1N1CCN(CC2CC3C=CC2C3)CC1.Clc1ccccc1N1CCNCC1.O=CC1CC2C=CC1C2. The molecule has 2 saturated carbocycles. The molecular formula is C36H46Cl2N4O. The number of hydrogen-bond donors (Lipinski definition) is 1. The Labute approximate surface area is 267 Å². The molecule has 0 amide bonds. The second-order valence-electron chi connectivity index (χ2n) is 13.0. The molecule has 8 rings (SSSR count). The largest absolute Gasteiger partial charge is 0.368 e. The van der Waals surface area contributed by atoms with Gasteiger partial charge in [-0.05, 0) is 79.5 Å². The molecule has 6 unspecified atom stereocenters. The van der Waals surface area contributed by atoms with E-state index in [1.165, 1.54) is 44.6 Å². The molecule has 230 valence electrons. The maximum absolute atomic E-state index is 10.4. The fourth-order valence-electron chi connectivity index (χ4n) is 7.91. The summed E-state index contributed by atoms with van der Waals surface area (Å²) >= 11 is 12.4. The van der Waals surface area contributed by atoms with Gasteiger partial charge < -0.3 is 19.9 Å². The molecule has 1 N–H and O–H groups in total. The first-order chi connectivity index (χ1) is 21.1. The number of fused-ring (bicyclic) bond motifs is 4. The van der Waals surface area contributed by atoms with Crippen LogP contribution in [0.1, 0.15) is 25.7 Å². The Balaban J connectivity index is 0.000000127. The van der Waals surface area contributed by atoms with E-state index in [1.54, 1.807) is 0 Å². The van der Waals surface area contributed by atoms with E-state index in [2.05, 4.69) is 62.5 Å². The fraction of sp³-hybridized carbons (Fsp3) is 0.528. The molecule has 4 fully saturated rings. The number of halogens is 2. The first-order valence-electron chi connectivity index (χ1n) is 16.3. The second-order valence-corrected chi connectivity index (χ2v) is 13.9. The van der Waals surface area contributed by atoms with Crippen LogP contribution in [0.15, 0.2) is 72.8 Å². The molecular weight excluding hydrogens is 575 g/mol. The Morgan fingerprint density at radius 1 is 0.674 bits per heavy atom. The highest BCUT2D eigenvalue weighted by atomic mass is 35.5. The zero-order valence-corrected chi connectivity index (χ0v) is 26.7. The highest BCUT2D eigenvalue weighted by Gasteiger charge is 2.37. The van der Waals surface area contributed by atoms with E-state index < -0.39 is 0 Å². The van der Waals surface area contributed by atoms with Crippen LogP contribution in [0.5, 0.6) is 0 Å². The molecule has 6 atom stereocenters. The Hall–Kier alpha value is -2.31. The zero-order chi connectivity index (χ0) is 29.6. The third-order valence-electron chi connectivity index (χ3n) is 10.3. The Morgan fingerprint density at radius 3 is 1.70 bits per heavy atom. The van der Waals surface area contributed by atoms with E-state index in [0.29, 0.717) is 11.8 Å². The minimum atomic E-state index is 0.361. The van der Waals surface area contributed by atoms with Crippen molar-refractivity contribution in [1.82, 2.24) is 10.2 Å². The standard InChI is InChI=1S/C18H23ClN2.C10H13ClN2.C8H10O/c19-17-3-1-2-4-18(17)21-9-7-20(8-10-21)13-16-12-14-5-6-15(16)11-14;11-9-3-1-2-4-10(9)13-7-5-12-6-8-13;9-5-8-4-6-1-2-7(8)3-6/h1-6,14-16H,7-13H2;1-4,12H,5-8H2;1-2,5-8H,3-4H2. The van der Waals surface area contributed by atoms with Crippen LogP contribution < -0.4 is 15.1 Å². The number of nitrogens with zero attached hydrogens (tertiary/aromatic N) is 3. The molecule has 2 saturated heterocycles. The summed E-state index contributed by atoms with van der Waals surface area (Å²) < 4.78 is 0. The van der Waals surface area contributed by atoms with Gasteiger partial charge in [0.15, 0.2) is 0 Å². The highest BCUT2D eigenvalue weighted by Crippen LogP contribution is 2.44. The average molecular weight is 622 g/mol. The van der Waals surface area contributed by atoms with Crippen molar-refractivity contribution in [1.29, 1.82) is 0 Å². The van der Waals surface area contributed by atoms with Gasteiger partial charge in [-0.25, -0.2) is 0 Å². The molecule has 0 aromatic heterocycles. The molecule has 2 heterocycles. The third kappa shape index (κ3) is 7.68. The van der Waals surface area contributed by atoms with Crippen LogP contribution in [0.2, 0.25) is 10.0 Å². The van der Waals surface area contributed by atoms with Crippen molar-refractivity contribution in [2.45, 2.75) is 25.7 Å². The van der Waals surface area contributed by atoms with Crippen molar-refractivity contribution in [3.8, 4) is 0 Å². The highest BCUT2D eigenvalue weighted by molar-refractivity contribution is 6.33. The number of carbonyl (C=O) groups excluding carboxylic acids is 1. The molecule has 2 aliphatic heterocycles. The molecule has 2 aromatic rings. The number of carbonyl (C=O) groups is 1. The zero-order valence-electron chi connectivity index (χ0n) is 25.2. The first-order valence-corrected chi connectivity index (χ1v) is 17.1. The molecule has 4 bridgehead atoms. The second kappa shape index (κ2) is 14.6. The number of piperazine rings is 2. The van der Waals surface area contributed by atoms with Crippen molar-refractivity contribution >= 4 is 40.9 Å². The van der Waals surface area contributed by atoms with Crippen LogP contribution in [-0.2, 0) is 4.79 Å². The molecule has 7 heteroatoms. The van der Waals surface area contributed by atoms with Crippen LogP contribution in [-0.4, -0.2) is 70.1 Å². The molecule has 2 aromatic carbocycles. The van der Waals surface area contributed by atoms with Gasteiger partial charge in [0.2, 0.25) is 0 Å². The van der Waals surface area contributed by atoms with Gasteiger partial charge in [0, 0.05) is 64.8 Å². The van der Waals surface area contributed by atoms with Gasteiger partial charge in [-0.15, -0.1) is 0 Å². The summed E-state index contributed by atoms with van der Waals surface area (Å²) in [6.07, 6.45) is 15.7. The van der Waals surface area contributed by atoms with E-state index in [1.807, 2.05) is 30.3 Å². The quantitative estimate of drug-likeness (QED) is 0.293. The number of rotatable bonds is 5. The van der Waals surface area contributed by atoms with Crippen molar-refractivity contribution in [3.05, 3.63) is 82.9 Å². The monoisotopic (exact) mass is 620 g/mol. The maximum Gasteiger partial charge on any atom is 0.123 e. The van der Waals surface area contributed by atoms with Crippen molar-refractivity contribution in [2.75, 3.05) is 68.7 Å². The summed E-state index contributed by atoms with van der Waals surface area (Å²) in [7, 11) is 0. The van der Waals surface area contributed by atoms with Gasteiger partial charge in [-0.3, -0.25) is 4.90 Å². The number of hydrogen-bond acceptors (Lipinski definition) is 5. The van der Waals surface area contributed by atoms with Crippen LogP contribution in [0.3, 0.4) is 0 Å². The number of nitrogens with one attached hydrogen (secondary N) is 1. The van der Waals surface area contributed by atoms with Crippen LogP contribution in [0, 0.1) is 35.5 Å².